The molecule has 0 aromatic heterocycles. The largest absolute Gasteiger partial charge is 0.417 e. The van der Waals surface area contributed by atoms with Gasteiger partial charge in [-0.1, -0.05) is 15.9 Å². The molecule has 7 heteroatoms. The standard InChI is InChI=1S/C13H13BrF3NO2/c14-8-1-4-10(11(7-8)13(15,16)17)12(20)18(5-6-19)9-2-3-9/h1,4,7,9,19H,2-3,5-6H2. The summed E-state index contributed by atoms with van der Waals surface area (Å²) in [5, 5.41) is 8.96. The first-order valence-corrected chi connectivity index (χ1v) is 6.92. The van der Waals surface area contributed by atoms with Crippen LogP contribution in [0.15, 0.2) is 22.7 Å². The highest BCUT2D eigenvalue weighted by Gasteiger charge is 2.39. The third-order valence-electron chi connectivity index (χ3n) is 3.11. The van der Waals surface area contributed by atoms with Gasteiger partial charge in [0.2, 0.25) is 0 Å². The van der Waals surface area contributed by atoms with Gasteiger partial charge < -0.3 is 10.0 Å². The summed E-state index contributed by atoms with van der Waals surface area (Å²) in [5.41, 5.74) is -1.33. The Labute approximate surface area is 122 Å². The summed E-state index contributed by atoms with van der Waals surface area (Å²) in [6.45, 7) is -0.211. The molecule has 1 N–H and O–H groups in total. The summed E-state index contributed by atoms with van der Waals surface area (Å²) < 4.78 is 39.3. The normalized spacial score (nSPS) is 15.2. The highest BCUT2D eigenvalue weighted by Crippen LogP contribution is 2.36. The molecule has 0 radical (unpaired) electrons. The third kappa shape index (κ3) is 3.32. The molecule has 20 heavy (non-hydrogen) atoms. The van der Waals surface area contributed by atoms with Gasteiger partial charge in [0.1, 0.15) is 0 Å². The smallest absolute Gasteiger partial charge is 0.395 e. The molecule has 1 aliphatic rings. The van der Waals surface area contributed by atoms with Crippen molar-refractivity contribution in [3.8, 4) is 0 Å². The SMILES string of the molecule is O=C(c1ccc(Br)cc1C(F)(F)F)N(CCO)C1CC1. The molecule has 1 saturated carbocycles. The maximum atomic E-state index is 13.0. The second-order valence-corrected chi connectivity index (χ2v) is 5.56. The van der Waals surface area contributed by atoms with Gasteiger partial charge in [-0.25, -0.2) is 0 Å². The lowest BCUT2D eigenvalue weighted by atomic mass is 10.1. The summed E-state index contributed by atoms with van der Waals surface area (Å²) in [6.07, 6.45) is -3.06. The number of halogens is 4. The first-order chi connectivity index (χ1) is 9.34. The van der Waals surface area contributed by atoms with E-state index in [4.69, 9.17) is 5.11 Å². The highest BCUT2D eigenvalue weighted by molar-refractivity contribution is 9.10. The number of amides is 1. The van der Waals surface area contributed by atoms with Crippen LogP contribution in [0, 0.1) is 0 Å². The minimum Gasteiger partial charge on any atom is -0.395 e. The predicted molar refractivity (Wildman–Crippen MR) is 70.3 cm³/mol. The molecule has 1 fully saturated rings. The molecule has 1 aromatic rings. The van der Waals surface area contributed by atoms with Gasteiger partial charge in [-0.2, -0.15) is 13.2 Å². The Hall–Kier alpha value is -1.08. The topological polar surface area (TPSA) is 40.5 Å². The number of rotatable bonds is 4. The lowest BCUT2D eigenvalue weighted by Gasteiger charge is -2.23. The Morgan fingerprint density at radius 1 is 1.40 bits per heavy atom. The van der Waals surface area contributed by atoms with Crippen molar-refractivity contribution in [2.75, 3.05) is 13.2 Å². The van der Waals surface area contributed by atoms with Gasteiger partial charge in [0, 0.05) is 17.1 Å². The van der Waals surface area contributed by atoms with Gasteiger partial charge in [-0.05, 0) is 31.0 Å². The second-order valence-electron chi connectivity index (χ2n) is 4.64. The molecule has 1 amide bonds. The van der Waals surface area contributed by atoms with Crippen molar-refractivity contribution in [2.45, 2.75) is 25.1 Å². The molecule has 0 aliphatic heterocycles. The number of alkyl halides is 3. The van der Waals surface area contributed by atoms with Crippen LogP contribution < -0.4 is 0 Å². The van der Waals surface area contributed by atoms with Crippen LogP contribution in [0.5, 0.6) is 0 Å². The maximum absolute atomic E-state index is 13.0. The van der Waals surface area contributed by atoms with Crippen molar-refractivity contribution in [2.24, 2.45) is 0 Å². The molecule has 0 atom stereocenters. The number of nitrogens with zero attached hydrogens (tertiary/aromatic N) is 1. The summed E-state index contributed by atoms with van der Waals surface area (Å²) in [5.74, 6) is -0.679. The van der Waals surface area contributed by atoms with Gasteiger partial charge in [-0.3, -0.25) is 4.79 Å². The summed E-state index contributed by atoms with van der Waals surface area (Å²) in [4.78, 5) is 13.6. The van der Waals surface area contributed by atoms with Gasteiger partial charge >= 0.3 is 6.18 Å². The number of benzene rings is 1. The van der Waals surface area contributed by atoms with E-state index >= 15 is 0 Å². The molecule has 0 unspecified atom stereocenters. The van der Waals surface area contributed by atoms with E-state index in [1.807, 2.05) is 0 Å². The van der Waals surface area contributed by atoms with E-state index < -0.39 is 17.6 Å². The molecule has 0 bridgehead atoms. The molecule has 0 heterocycles. The van der Waals surface area contributed by atoms with E-state index in [1.165, 1.54) is 17.0 Å². The third-order valence-corrected chi connectivity index (χ3v) is 3.60. The zero-order chi connectivity index (χ0) is 14.9. The molecule has 3 nitrogen and oxygen atoms in total. The van der Waals surface area contributed by atoms with Gasteiger partial charge in [-0.15, -0.1) is 0 Å². The minimum atomic E-state index is -4.59. The predicted octanol–water partition coefficient (Wildman–Crippen LogP) is 3.06. The van der Waals surface area contributed by atoms with Crippen LogP contribution >= 0.6 is 15.9 Å². The average molecular weight is 352 g/mol. The fourth-order valence-corrected chi connectivity index (χ4v) is 2.40. The molecule has 0 spiro atoms. The minimum absolute atomic E-state index is 0.0524. The van der Waals surface area contributed by atoms with E-state index in [-0.39, 0.29) is 29.2 Å². The number of carbonyl (C=O) groups excluding carboxylic acids is 1. The molecule has 0 saturated heterocycles. The maximum Gasteiger partial charge on any atom is 0.417 e. The summed E-state index contributed by atoms with van der Waals surface area (Å²) in [7, 11) is 0. The number of carbonyl (C=O) groups is 1. The molecule has 110 valence electrons. The van der Waals surface area contributed by atoms with E-state index in [0.717, 1.165) is 18.9 Å². The van der Waals surface area contributed by atoms with Crippen molar-refractivity contribution in [1.29, 1.82) is 0 Å². The first kappa shape index (κ1) is 15.3. The Balaban J connectivity index is 2.38. The van der Waals surface area contributed by atoms with Crippen molar-refractivity contribution in [3.63, 3.8) is 0 Å². The van der Waals surface area contributed by atoms with E-state index in [0.29, 0.717) is 0 Å². The molecule has 1 aliphatic carbocycles. The molecule has 1 aromatic carbocycles. The zero-order valence-corrected chi connectivity index (χ0v) is 12.0. The quantitative estimate of drug-likeness (QED) is 0.905. The van der Waals surface area contributed by atoms with Gasteiger partial charge in [0.15, 0.2) is 0 Å². The van der Waals surface area contributed by atoms with Crippen molar-refractivity contribution >= 4 is 21.8 Å². The van der Waals surface area contributed by atoms with Gasteiger partial charge in [0.05, 0.1) is 17.7 Å². The van der Waals surface area contributed by atoms with Crippen LogP contribution in [0.3, 0.4) is 0 Å². The second kappa shape index (κ2) is 5.73. The van der Waals surface area contributed by atoms with E-state index in [2.05, 4.69) is 15.9 Å². The molecular weight excluding hydrogens is 339 g/mol. The van der Waals surface area contributed by atoms with Crippen molar-refractivity contribution < 1.29 is 23.1 Å². The van der Waals surface area contributed by atoms with Crippen molar-refractivity contribution in [1.82, 2.24) is 4.90 Å². The first-order valence-electron chi connectivity index (χ1n) is 6.13. The lowest BCUT2D eigenvalue weighted by molar-refractivity contribution is -0.138. The van der Waals surface area contributed by atoms with Crippen LogP contribution in [0.1, 0.15) is 28.8 Å². The Kier molecular flexibility index (Phi) is 4.39. The van der Waals surface area contributed by atoms with E-state index in [9.17, 15) is 18.0 Å². The van der Waals surface area contributed by atoms with E-state index in [1.54, 1.807) is 0 Å². The Bertz CT molecular complexity index is 515. The van der Waals surface area contributed by atoms with Crippen LogP contribution in [0.4, 0.5) is 13.2 Å². The number of aliphatic hydroxyl groups is 1. The monoisotopic (exact) mass is 351 g/mol. The summed E-state index contributed by atoms with van der Waals surface area (Å²) >= 11 is 2.98. The van der Waals surface area contributed by atoms with Crippen LogP contribution in [0.2, 0.25) is 0 Å². The number of hydrogen-bond donors (Lipinski definition) is 1. The molecular formula is C13H13BrF3NO2. The van der Waals surface area contributed by atoms with Crippen LogP contribution in [0.25, 0.3) is 0 Å². The Morgan fingerprint density at radius 2 is 2.05 bits per heavy atom. The number of aliphatic hydroxyl groups excluding tert-OH is 1. The van der Waals surface area contributed by atoms with Crippen molar-refractivity contribution in [3.05, 3.63) is 33.8 Å². The Morgan fingerprint density at radius 3 is 2.55 bits per heavy atom. The lowest BCUT2D eigenvalue weighted by Crippen LogP contribution is -2.36. The molecule has 2 rings (SSSR count). The van der Waals surface area contributed by atoms with Crippen LogP contribution in [-0.2, 0) is 6.18 Å². The highest BCUT2D eigenvalue weighted by atomic mass is 79.9. The fraction of sp³-hybridized carbons (Fsp3) is 0.462. The number of hydrogen-bond acceptors (Lipinski definition) is 2. The fourth-order valence-electron chi connectivity index (χ4n) is 2.04. The van der Waals surface area contributed by atoms with Crippen LogP contribution in [-0.4, -0.2) is 35.1 Å². The zero-order valence-electron chi connectivity index (χ0n) is 10.5. The van der Waals surface area contributed by atoms with Gasteiger partial charge in [0.25, 0.3) is 5.91 Å². The average Bonchev–Trinajstić information content (AvgIpc) is 3.18. The summed E-state index contributed by atoms with van der Waals surface area (Å²) in [6, 6.07) is 3.42.